The lowest BCUT2D eigenvalue weighted by Crippen LogP contribution is -2.24. The van der Waals surface area contributed by atoms with Gasteiger partial charge >= 0.3 is 0 Å². The first-order valence-corrected chi connectivity index (χ1v) is 10.2. The predicted molar refractivity (Wildman–Crippen MR) is 113 cm³/mol. The van der Waals surface area contributed by atoms with Gasteiger partial charge in [-0.2, -0.15) is 0 Å². The van der Waals surface area contributed by atoms with Gasteiger partial charge in [-0.3, -0.25) is 4.79 Å². The summed E-state index contributed by atoms with van der Waals surface area (Å²) in [7, 11) is 3.26. The van der Waals surface area contributed by atoms with Crippen molar-refractivity contribution in [1.29, 1.82) is 0 Å². The molecule has 29 heavy (non-hydrogen) atoms. The molecule has 8 heteroatoms. The quantitative estimate of drug-likeness (QED) is 0.543. The lowest BCUT2D eigenvalue weighted by Gasteiger charge is -2.08. The summed E-state index contributed by atoms with van der Waals surface area (Å²) < 4.78 is 12.3. The number of thioether (sulfide) groups is 1. The zero-order valence-corrected chi connectivity index (χ0v) is 17.5. The van der Waals surface area contributed by atoms with E-state index in [1.54, 1.807) is 14.2 Å². The molecule has 1 N–H and O–H groups in total. The topological polar surface area (TPSA) is 78.3 Å². The average molecular weight is 413 g/mol. The van der Waals surface area contributed by atoms with Gasteiger partial charge in [0.25, 0.3) is 0 Å². The highest BCUT2D eigenvalue weighted by atomic mass is 32.2. The Kier molecular flexibility index (Phi) is 7.13. The third-order valence-electron chi connectivity index (χ3n) is 4.36. The first kappa shape index (κ1) is 20.7. The van der Waals surface area contributed by atoms with Gasteiger partial charge in [0.2, 0.25) is 5.91 Å². The fraction of sp³-hybridized carbons (Fsp3) is 0.286. The molecule has 2 aromatic carbocycles. The number of carbonyl (C=O) groups excluding carboxylic acids is 1. The van der Waals surface area contributed by atoms with E-state index in [9.17, 15) is 4.79 Å². The zero-order chi connectivity index (χ0) is 20.6. The highest BCUT2D eigenvalue weighted by Gasteiger charge is 2.14. The summed E-state index contributed by atoms with van der Waals surface area (Å²) in [6, 6.07) is 15.3. The summed E-state index contributed by atoms with van der Waals surface area (Å²) >= 11 is 1.38. The van der Waals surface area contributed by atoms with Crippen molar-refractivity contribution in [3.8, 4) is 22.9 Å². The summed E-state index contributed by atoms with van der Waals surface area (Å²) in [5, 5.41) is 12.2. The van der Waals surface area contributed by atoms with E-state index in [1.807, 2.05) is 60.0 Å². The van der Waals surface area contributed by atoms with Gasteiger partial charge in [0.1, 0.15) is 11.5 Å². The minimum absolute atomic E-state index is 0.0533. The van der Waals surface area contributed by atoms with E-state index < -0.39 is 0 Å². The summed E-state index contributed by atoms with van der Waals surface area (Å²) in [5.74, 6) is 2.58. The largest absolute Gasteiger partial charge is 0.497 e. The minimum Gasteiger partial charge on any atom is -0.497 e. The van der Waals surface area contributed by atoms with Crippen molar-refractivity contribution in [2.45, 2.75) is 25.2 Å². The molecule has 0 spiro atoms. The first-order valence-electron chi connectivity index (χ1n) is 9.24. The highest BCUT2D eigenvalue weighted by molar-refractivity contribution is 7.99. The van der Waals surface area contributed by atoms with Crippen LogP contribution in [0, 0.1) is 0 Å². The number of hydrogen-bond donors (Lipinski definition) is 1. The smallest absolute Gasteiger partial charge is 0.230 e. The molecule has 3 aromatic rings. The van der Waals surface area contributed by atoms with Crippen LogP contribution in [0.5, 0.6) is 11.5 Å². The molecular weight excluding hydrogens is 388 g/mol. The first-order chi connectivity index (χ1) is 14.1. The number of benzene rings is 2. The summed E-state index contributed by atoms with van der Waals surface area (Å²) in [6.45, 7) is 3.22. The summed E-state index contributed by atoms with van der Waals surface area (Å²) in [4.78, 5) is 12.2. The molecular formula is C21H24N4O3S. The Morgan fingerprint density at radius 3 is 2.21 bits per heavy atom. The molecule has 0 bridgehead atoms. The van der Waals surface area contributed by atoms with Gasteiger partial charge in [0.15, 0.2) is 11.0 Å². The van der Waals surface area contributed by atoms with Crippen LogP contribution in [-0.2, 0) is 17.9 Å². The van der Waals surface area contributed by atoms with Gasteiger partial charge in [-0.15, -0.1) is 10.2 Å². The van der Waals surface area contributed by atoms with Crippen molar-refractivity contribution < 1.29 is 14.3 Å². The fourth-order valence-corrected chi connectivity index (χ4v) is 3.59. The maximum absolute atomic E-state index is 12.2. The number of nitrogens with one attached hydrogen (secondary N) is 1. The van der Waals surface area contributed by atoms with Crippen LogP contribution in [0.15, 0.2) is 53.7 Å². The van der Waals surface area contributed by atoms with Crippen LogP contribution in [0.2, 0.25) is 0 Å². The van der Waals surface area contributed by atoms with E-state index in [2.05, 4.69) is 15.5 Å². The third-order valence-corrected chi connectivity index (χ3v) is 5.33. The van der Waals surface area contributed by atoms with Crippen molar-refractivity contribution in [2.24, 2.45) is 0 Å². The number of amides is 1. The lowest BCUT2D eigenvalue weighted by molar-refractivity contribution is -0.118. The van der Waals surface area contributed by atoms with Gasteiger partial charge in [-0.05, 0) is 48.9 Å². The molecule has 0 aliphatic carbocycles. The molecule has 0 radical (unpaired) electrons. The van der Waals surface area contributed by atoms with E-state index >= 15 is 0 Å². The van der Waals surface area contributed by atoms with Gasteiger partial charge in [0.05, 0.1) is 20.0 Å². The van der Waals surface area contributed by atoms with Crippen LogP contribution in [0.3, 0.4) is 0 Å². The average Bonchev–Trinajstić information content (AvgIpc) is 3.19. The molecule has 152 valence electrons. The molecule has 1 heterocycles. The van der Waals surface area contributed by atoms with Crippen LogP contribution in [0.1, 0.15) is 12.5 Å². The third kappa shape index (κ3) is 5.29. The summed E-state index contributed by atoms with van der Waals surface area (Å²) in [5.41, 5.74) is 1.97. The Hall–Kier alpha value is -3.00. The Morgan fingerprint density at radius 2 is 1.62 bits per heavy atom. The predicted octanol–water partition coefficient (Wildman–Crippen LogP) is 3.39. The minimum atomic E-state index is -0.0533. The van der Waals surface area contributed by atoms with Crippen molar-refractivity contribution in [3.05, 3.63) is 54.1 Å². The van der Waals surface area contributed by atoms with Gasteiger partial charge in [0, 0.05) is 18.7 Å². The molecule has 0 atom stereocenters. The number of aromatic nitrogens is 3. The maximum atomic E-state index is 12.2. The van der Waals surface area contributed by atoms with E-state index in [0.717, 1.165) is 33.6 Å². The second-order valence-electron chi connectivity index (χ2n) is 6.19. The second-order valence-corrected chi connectivity index (χ2v) is 7.13. The van der Waals surface area contributed by atoms with Gasteiger partial charge in [-0.1, -0.05) is 23.9 Å². The normalized spacial score (nSPS) is 10.6. The highest BCUT2D eigenvalue weighted by Crippen LogP contribution is 2.25. The Labute approximate surface area is 174 Å². The van der Waals surface area contributed by atoms with Crippen LogP contribution < -0.4 is 14.8 Å². The monoisotopic (exact) mass is 412 g/mol. The standard InChI is InChI=1S/C21H24N4O3S/c1-4-25-20(16-7-11-18(28-3)12-8-16)23-24-21(25)29-14-19(26)22-13-15-5-9-17(27-2)10-6-15/h5-12H,4,13-14H2,1-3H3,(H,22,26). The van der Waals surface area contributed by atoms with Crippen LogP contribution in [-0.4, -0.2) is 40.6 Å². The molecule has 1 aromatic heterocycles. The van der Waals surface area contributed by atoms with Crippen molar-refractivity contribution in [3.63, 3.8) is 0 Å². The second kappa shape index (κ2) is 9.97. The number of nitrogens with zero attached hydrogens (tertiary/aromatic N) is 3. The van der Waals surface area contributed by atoms with Gasteiger partial charge in [-0.25, -0.2) is 0 Å². The molecule has 7 nitrogen and oxygen atoms in total. The molecule has 0 fully saturated rings. The molecule has 0 aliphatic heterocycles. The number of hydrogen-bond acceptors (Lipinski definition) is 6. The van der Waals surface area contributed by atoms with E-state index in [0.29, 0.717) is 13.1 Å². The van der Waals surface area contributed by atoms with Crippen LogP contribution in [0.4, 0.5) is 0 Å². The van der Waals surface area contributed by atoms with Crippen LogP contribution in [0.25, 0.3) is 11.4 Å². The fourth-order valence-electron chi connectivity index (χ4n) is 2.76. The molecule has 1 amide bonds. The van der Waals surface area contributed by atoms with Crippen molar-refractivity contribution in [2.75, 3.05) is 20.0 Å². The van der Waals surface area contributed by atoms with E-state index in [-0.39, 0.29) is 11.7 Å². The maximum Gasteiger partial charge on any atom is 0.230 e. The molecule has 0 unspecified atom stereocenters. The Bertz CT molecular complexity index is 940. The SMILES string of the molecule is CCn1c(SCC(=O)NCc2ccc(OC)cc2)nnc1-c1ccc(OC)cc1. The summed E-state index contributed by atoms with van der Waals surface area (Å²) in [6.07, 6.45) is 0. The molecule has 0 saturated carbocycles. The Morgan fingerprint density at radius 1 is 1.00 bits per heavy atom. The van der Waals surface area contributed by atoms with Gasteiger partial charge < -0.3 is 19.4 Å². The van der Waals surface area contributed by atoms with E-state index in [4.69, 9.17) is 9.47 Å². The molecule has 0 saturated heterocycles. The Balaban J connectivity index is 1.58. The number of methoxy groups -OCH3 is 2. The zero-order valence-electron chi connectivity index (χ0n) is 16.7. The number of ether oxygens (including phenoxy) is 2. The van der Waals surface area contributed by atoms with E-state index in [1.165, 1.54) is 11.8 Å². The van der Waals surface area contributed by atoms with Crippen molar-refractivity contribution in [1.82, 2.24) is 20.1 Å². The van der Waals surface area contributed by atoms with Crippen LogP contribution >= 0.6 is 11.8 Å². The molecule has 0 aliphatic rings. The lowest BCUT2D eigenvalue weighted by atomic mass is 10.2. The van der Waals surface area contributed by atoms with Crippen molar-refractivity contribution >= 4 is 17.7 Å². The number of rotatable bonds is 9. The number of carbonyl (C=O) groups is 1. The molecule has 3 rings (SSSR count).